The number of nitrogens with zero attached hydrogens (tertiary/aromatic N) is 1. The molecule has 2 saturated carbocycles. The molecule has 0 radical (unpaired) electrons. The van der Waals surface area contributed by atoms with Gasteiger partial charge in [0.25, 0.3) is 0 Å². The van der Waals surface area contributed by atoms with Gasteiger partial charge < -0.3 is 10.0 Å². The molecule has 1 N–H and O–H groups in total. The van der Waals surface area contributed by atoms with Crippen LogP contribution in [0.2, 0.25) is 0 Å². The van der Waals surface area contributed by atoms with Crippen molar-refractivity contribution in [2.24, 2.45) is 11.3 Å². The molecule has 116 valence electrons. The molecule has 1 unspecified atom stereocenters. The Hall–Kier alpha value is -1.84. The van der Waals surface area contributed by atoms with Crippen LogP contribution in [0.25, 0.3) is 0 Å². The summed E-state index contributed by atoms with van der Waals surface area (Å²) in [7, 11) is 0. The quantitative estimate of drug-likeness (QED) is 0.932. The van der Waals surface area contributed by atoms with Gasteiger partial charge in [-0.25, -0.2) is 0 Å². The summed E-state index contributed by atoms with van der Waals surface area (Å²) >= 11 is 0. The minimum Gasteiger partial charge on any atom is -0.481 e. The van der Waals surface area contributed by atoms with Gasteiger partial charge in [0, 0.05) is 19.0 Å². The van der Waals surface area contributed by atoms with Crippen LogP contribution in [-0.2, 0) is 15.0 Å². The first-order valence-electron chi connectivity index (χ1n) is 8.15. The van der Waals surface area contributed by atoms with Gasteiger partial charge >= 0.3 is 5.97 Å². The van der Waals surface area contributed by atoms with Gasteiger partial charge in [-0.2, -0.15) is 0 Å². The monoisotopic (exact) mass is 299 g/mol. The molecule has 1 aliphatic heterocycles. The Morgan fingerprint density at radius 2 is 1.68 bits per heavy atom. The summed E-state index contributed by atoms with van der Waals surface area (Å²) in [6.45, 7) is 1.12. The van der Waals surface area contributed by atoms with Crippen molar-refractivity contribution in [3.05, 3.63) is 35.9 Å². The zero-order valence-corrected chi connectivity index (χ0v) is 12.6. The minimum atomic E-state index is -0.834. The van der Waals surface area contributed by atoms with E-state index in [2.05, 4.69) is 0 Å². The van der Waals surface area contributed by atoms with E-state index in [4.69, 9.17) is 0 Å². The highest BCUT2D eigenvalue weighted by Gasteiger charge is 2.66. The van der Waals surface area contributed by atoms with Crippen molar-refractivity contribution in [3.8, 4) is 0 Å². The third-order valence-corrected chi connectivity index (χ3v) is 6.04. The predicted molar refractivity (Wildman–Crippen MR) is 81.3 cm³/mol. The van der Waals surface area contributed by atoms with Crippen LogP contribution in [0.15, 0.2) is 30.3 Å². The van der Waals surface area contributed by atoms with E-state index < -0.39 is 11.4 Å². The predicted octanol–water partition coefficient (Wildman–Crippen LogP) is 2.43. The molecule has 1 aromatic rings. The lowest BCUT2D eigenvalue weighted by Crippen LogP contribution is -2.49. The highest BCUT2D eigenvalue weighted by Crippen LogP contribution is 2.71. The second-order valence-electron chi connectivity index (χ2n) is 7.20. The number of hydrogen-bond acceptors (Lipinski definition) is 2. The van der Waals surface area contributed by atoms with Crippen LogP contribution >= 0.6 is 0 Å². The van der Waals surface area contributed by atoms with Crippen LogP contribution in [0.5, 0.6) is 0 Å². The molecule has 22 heavy (non-hydrogen) atoms. The SMILES string of the molecule is O=C(C1CC12CC2)N1CCC(C(=O)O)(c2ccccc2)CC1. The zero-order chi connectivity index (χ0) is 15.4. The molecule has 2 aliphatic carbocycles. The maximum Gasteiger partial charge on any atom is 0.314 e. The first-order valence-corrected chi connectivity index (χ1v) is 8.15. The lowest BCUT2D eigenvalue weighted by atomic mass is 9.73. The Kier molecular flexibility index (Phi) is 2.87. The first-order chi connectivity index (χ1) is 10.6. The van der Waals surface area contributed by atoms with E-state index >= 15 is 0 Å². The topological polar surface area (TPSA) is 57.6 Å². The molecule has 1 amide bonds. The van der Waals surface area contributed by atoms with Crippen molar-refractivity contribution >= 4 is 11.9 Å². The van der Waals surface area contributed by atoms with Gasteiger partial charge in [0.2, 0.25) is 5.91 Å². The molecule has 1 atom stereocenters. The lowest BCUT2D eigenvalue weighted by Gasteiger charge is -2.39. The molecule has 1 saturated heterocycles. The van der Waals surface area contributed by atoms with E-state index in [-0.39, 0.29) is 11.8 Å². The molecule has 4 nitrogen and oxygen atoms in total. The average molecular weight is 299 g/mol. The number of carboxylic acids is 1. The number of carbonyl (C=O) groups is 2. The molecule has 1 spiro atoms. The normalized spacial score (nSPS) is 27.5. The van der Waals surface area contributed by atoms with Crippen LogP contribution in [0.1, 0.15) is 37.7 Å². The third-order valence-electron chi connectivity index (χ3n) is 6.04. The molecule has 1 heterocycles. The van der Waals surface area contributed by atoms with Gasteiger partial charge in [0.1, 0.15) is 0 Å². The van der Waals surface area contributed by atoms with Gasteiger partial charge in [-0.15, -0.1) is 0 Å². The summed E-state index contributed by atoms with van der Waals surface area (Å²) < 4.78 is 0. The van der Waals surface area contributed by atoms with E-state index in [1.807, 2.05) is 35.2 Å². The van der Waals surface area contributed by atoms with E-state index in [9.17, 15) is 14.7 Å². The zero-order valence-electron chi connectivity index (χ0n) is 12.6. The highest BCUT2D eigenvalue weighted by atomic mass is 16.4. The maximum atomic E-state index is 12.5. The van der Waals surface area contributed by atoms with Crippen LogP contribution in [0.3, 0.4) is 0 Å². The molecule has 4 heteroatoms. The van der Waals surface area contributed by atoms with Gasteiger partial charge in [0.05, 0.1) is 5.41 Å². The average Bonchev–Trinajstić information content (AvgIpc) is 3.47. The molecule has 1 aromatic carbocycles. The molecular formula is C18H21NO3. The second-order valence-corrected chi connectivity index (χ2v) is 7.20. The fraction of sp³-hybridized carbons (Fsp3) is 0.556. The number of amides is 1. The molecule has 3 aliphatic rings. The van der Waals surface area contributed by atoms with Crippen molar-refractivity contribution in [2.75, 3.05) is 13.1 Å². The Bertz CT molecular complexity index is 612. The molecular weight excluding hydrogens is 278 g/mol. The summed E-state index contributed by atoms with van der Waals surface area (Å²) in [5.74, 6) is -0.262. The largest absolute Gasteiger partial charge is 0.481 e. The summed E-state index contributed by atoms with van der Waals surface area (Å²) in [6.07, 6.45) is 4.50. The number of carboxylic acid groups (broad SMARTS) is 1. The fourth-order valence-electron chi connectivity index (χ4n) is 4.12. The van der Waals surface area contributed by atoms with Crippen LogP contribution in [0, 0.1) is 11.3 Å². The molecule has 4 rings (SSSR count). The van der Waals surface area contributed by atoms with Crippen molar-refractivity contribution in [1.82, 2.24) is 4.90 Å². The maximum absolute atomic E-state index is 12.5. The Balaban J connectivity index is 1.49. The summed E-state index contributed by atoms with van der Waals surface area (Å²) in [6, 6.07) is 9.47. The summed E-state index contributed by atoms with van der Waals surface area (Å²) in [5.41, 5.74) is 0.399. The van der Waals surface area contributed by atoms with Crippen molar-refractivity contribution in [3.63, 3.8) is 0 Å². The van der Waals surface area contributed by atoms with Gasteiger partial charge in [-0.3, -0.25) is 9.59 Å². The standard InChI is InChI=1S/C18H21NO3/c20-15(14-12-17(14)6-7-17)19-10-8-18(9-11-19,16(21)22)13-4-2-1-3-5-13/h1-5,14H,6-12H2,(H,21,22). The number of hydrogen-bond donors (Lipinski definition) is 1. The van der Waals surface area contributed by atoms with Crippen LogP contribution < -0.4 is 0 Å². The number of aliphatic carboxylic acids is 1. The molecule has 0 bridgehead atoms. The Morgan fingerprint density at radius 3 is 2.18 bits per heavy atom. The van der Waals surface area contributed by atoms with Crippen molar-refractivity contribution in [2.45, 2.75) is 37.5 Å². The minimum absolute atomic E-state index is 0.238. The highest BCUT2D eigenvalue weighted by molar-refractivity contribution is 5.85. The second kappa shape index (κ2) is 4.58. The number of benzene rings is 1. The van der Waals surface area contributed by atoms with Crippen molar-refractivity contribution in [1.29, 1.82) is 0 Å². The molecule has 0 aromatic heterocycles. The summed E-state index contributed by atoms with van der Waals surface area (Å²) in [5, 5.41) is 9.78. The number of likely N-dealkylation sites (tertiary alicyclic amines) is 1. The van der Waals surface area contributed by atoms with Crippen molar-refractivity contribution < 1.29 is 14.7 Å². The van der Waals surface area contributed by atoms with Crippen LogP contribution in [0.4, 0.5) is 0 Å². The van der Waals surface area contributed by atoms with Crippen LogP contribution in [-0.4, -0.2) is 35.0 Å². The number of piperidine rings is 1. The summed E-state index contributed by atoms with van der Waals surface area (Å²) in [4.78, 5) is 26.3. The number of rotatable bonds is 3. The Labute approximate surface area is 130 Å². The van der Waals surface area contributed by atoms with E-state index in [0.29, 0.717) is 31.3 Å². The fourth-order valence-corrected chi connectivity index (χ4v) is 4.12. The third kappa shape index (κ3) is 1.97. The number of carbonyl (C=O) groups excluding carboxylic acids is 1. The van der Waals surface area contributed by atoms with Gasteiger partial charge in [0.15, 0.2) is 0 Å². The first kappa shape index (κ1) is 13.8. The van der Waals surface area contributed by atoms with Gasteiger partial charge in [-0.05, 0) is 43.1 Å². The van der Waals surface area contributed by atoms with Gasteiger partial charge in [-0.1, -0.05) is 30.3 Å². The molecule has 3 fully saturated rings. The Morgan fingerprint density at radius 1 is 1.05 bits per heavy atom. The lowest BCUT2D eigenvalue weighted by molar-refractivity contribution is -0.148. The van der Waals surface area contributed by atoms with E-state index in [0.717, 1.165) is 12.0 Å². The van der Waals surface area contributed by atoms with E-state index in [1.54, 1.807) is 0 Å². The smallest absolute Gasteiger partial charge is 0.314 e. The van der Waals surface area contributed by atoms with E-state index in [1.165, 1.54) is 12.8 Å².